The van der Waals surface area contributed by atoms with Crippen molar-refractivity contribution >= 4 is 5.97 Å². The molecule has 120 valence electrons. The van der Waals surface area contributed by atoms with E-state index in [-0.39, 0.29) is 0 Å². The Hall–Kier alpha value is -1.35. The Labute approximate surface area is 129 Å². The Bertz CT molecular complexity index is 329. The third kappa shape index (κ3) is 14.9. The summed E-state index contributed by atoms with van der Waals surface area (Å²) in [5, 5.41) is 8.63. The second-order valence-corrected chi connectivity index (χ2v) is 5.02. The van der Waals surface area contributed by atoms with Crippen molar-refractivity contribution in [1.29, 1.82) is 0 Å². The highest BCUT2D eigenvalue weighted by Crippen LogP contribution is 2.01. The van der Waals surface area contributed by atoms with E-state index in [2.05, 4.69) is 37.3 Å². The molecule has 0 amide bonds. The van der Waals surface area contributed by atoms with Crippen molar-refractivity contribution < 1.29 is 14.6 Å². The molecule has 0 aromatic heterocycles. The van der Waals surface area contributed by atoms with Gasteiger partial charge in [0.2, 0.25) is 0 Å². The van der Waals surface area contributed by atoms with Gasteiger partial charge in [-0.25, -0.2) is 4.79 Å². The lowest BCUT2D eigenvalue weighted by Gasteiger charge is -2.05. The quantitative estimate of drug-likeness (QED) is 0.388. The number of unbranched alkanes of at least 4 members (excludes halogenated alkanes) is 3. The van der Waals surface area contributed by atoms with Gasteiger partial charge in [-0.1, -0.05) is 56.2 Å². The fourth-order valence-electron chi connectivity index (χ4n) is 1.67. The van der Waals surface area contributed by atoms with Crippen molar-refractivity contribution in [2.24, 2.45) is 0 Å². The Morgan fingerprint density at radius 3 is 2.14 bits per heavy atom. The number of carboxylic acids is 1. The fraction of sp³-hybridized carbons (Fsp3) is 0.611. The lowest BCUT2D eigenvalue weighted by Crippen LogP contribution is -2.20. The molecule has 0 aromatic rings. The molecule has 1 N–H and O–H groups in total. The number of aliphatic carboxylic acids is 1. The van der Waals surface area contributed by atoms with E-state index >= 15 is 0 Å². The predicted octanol–water partition coefficient (Wildman–Crippen LogP) is 4.90. The van der Waals surface area contributed by atoms with Gasteiger partial charge in [0.1, 0.15) is 0 Å². The molecule has 3 nitrogen and oxygen atoms in total. The van der Waals surface area contributed by atoms with E-state index in [4.69, 9.17) is 9.84 Å². The maximum absolute atomic E-state index is 10.5. The number of carbonyl (C=O) groups is 1. The molecule has 0 aromatic carbocycles. The molecule has 21 heavy (non-hydrogen) atoms. The molecule has 0 spiro atoms. The Kier molecular flexibility index (Phi) is 14.1. The molecule has 0 saturated heterocycles. The summed E-state index contributed by atoms with van der Waals surface area (Å²) in [5.41, 5.74) is 0. The first-order valence-electron chi connectivity index (χ1n) is 7.97. The van der Waals surface area contributed by atoms with Crippen molar-refractivity contribution in [2.75, 3.05) is 6.61 Å². The highest BCUT2D eigenvalue weighted by molar-refractivity contribution is 5.71. The maximum Gasteiger partial charge on any atom is 0.332 e. The highest BCUT2D eigenvalue weighted by Gasteiger charge is 2.09. The number of rotatable bonds is 13. The summed E-state index contributed by atoms with van der Waals surface area (Å²) in [7, 11) is 0. The zero-order chi connectivity index (χ0) is 15.8. The Morgan fingerprint density at radius 1 is 1.00 bits per heavy atom. The fourth-order valence-corrected chi connectivity index (χ4v) is 1.67. The van der Waals surface area contributed by atoms with Crippen LogP contribution in [0, 0.1) is 0 Å². The van der Waals surface area contributed by atoms with Crippen LogP contribution in [0.5, 0.6) is 0 Å². The molecule has 0 radical (unpaired) electrons. The van der Waals surface area contributed by atoms with Gasteiger partial charge in [0.15, 0.2) is 6.10 Å². The van der Waals surface area contributed by atoms with E-state index < -0.39 is 12.1 Å². The van der Waals surface area contributed by atoms with E-state index in [0.29, 0.717) is 6.61 Å². The normalized spacial score (nSPS) is 13.6. The SMILES string of the molecule is CCCCC/C=C\C/C=C\C/C=C\CCOC(C)C(=O)O. The molecular formula is C18H30O3. The summed E-state index contributed by atoms with van der Waals surface area (Å²) < 4.78 is 5.13. The maximum atomic E-state index is 10.5. The van der Waals surface area contributed by atoms with Crippen LogP contribution in [0.25, 0.3) is 0 Å². The molecule has 0 bridgehead atoms. The first-order valence-corrected chi connectivity index (χ1v) is 7.97. The summed E-state index contributed by atoms with van der Waals surface area (Å²) in [6, 6.07) is 0. The van der Waals surface area contributed by atoms with Gasteiger partial charge >= 0.3 is 5.97 Å². The first-order chi connectivity index (χ1) is 10.2. The average molecular weight is 294 g/mol. The van der Waals surface area contributed by atoms with Gasteiger partial charge in [0.25, 0.3) is 0 Å². The van der Waals surface area contributed by atoms with Crippen LogP contribution in [-0.4, -0.2) is 23.8 Å². The molecule has 0 heterocycles. The van der Waals surface area contributed by atoms with Crippen LogP contribution in [0.2, 0.25) is 0 Å². The highest BCUT2D eigenvalue weighted by atomic mass is 16.5. The van der Waals surface area contributed by atoms with E-state index in [0.717, 1.165) is 19.3 Å². The van der Waals surface area contributed by atoms with E-state index in [1.807, 2.05) is 6.08 Å². The average Bonchev–Trinajstić information content (AvgIpc) is 2.47. The number of hydrogen-bond acceptors (Lipinski definition) is 2. The smallest absolute Gasteiger partial charge is 0.332 e. The lowest BCUT2D eigenvalue weighted by molar-refractivity contribution is -0.149. The molecular weight excluding hydrogens is 264 g/mol. The van der Waals surface area contributed by atoms with E-state index in [9.17, 15) is 4.79 Å². The van der Waals surface area contributed by atoms with Gasteiger partial charge in [-0.2, -0.15) is 0 Å². The number of hydrogen-bond donors (Lipinski definition) is 1. The zero-order valence-corrected chi connectivity index (χ0v) is 13.5. The van der Waals surface area contributed by atoms with Crippen LogP contribution >= 0.6 is 0 Å². The summed E-state index contributed by atoms with van der Waals surface area (Å²) in [6.07, 6.45) is 19.9. The van der Waals surface area contributed by atoms with E-state index in [1.165, 1.54) is 25.7 Å². The minimum absolute atomic E-state index is 0.453. The van der Waals surface area contributed by atoms with Crippen molar-refractivity contribution in [3.8, 4) is 0 Å². The number of allylic oxidation sites excluding steroid dienone is 5. The number of carboxylic acid groups (broad SMARTS) is 1. The van der Waals surface area contributed by atoms with Gasteiger partial charge in [-0.3, -0.25) is 0 Å². The molecule has 0 fully saturated rings. The molecule has 0 aliphatic rings. The van der Waals surface area contributed by atoms with Crippen LogP contribution in [0.3, 0.4) is 0 Å². The summed E-state index contributed by atoms with van der Waals surface area (Å²) >= 11 is 0. The third-order valence-corrected chi connectivity index (χ3v) is 3.02. The molecule has 0 aliphatic carbocycles. The standard InChI is InChI=1S/C18H30O3/c1-3-4-5-6-7-8-9-10-11-12-13-14-15-16-21-17(2)18(19)20/h7-8,10-11,13-14,17H,3-6,9,12,15-16H2,1-2H3,(H,19,20)/b8-7-,11-10-,14-13-. The minimum Gasteiger partial charge on any atom is -0.479 e. The third-order valence-electron chi connectivity index (χ3n) is 3.02. The van der Waals surface area contributed by atoms with Gasteiger partial charge < -0.3 is 9.84 Å². The van der Waals surface area contributed by atoms with Gasteiger partial charge in [-0.05, 0) is 39.0 Å². The summed E-state index contributed by atoms with van der Waals surface area (Å²) in [5.74, 6) is -0.912. The van der Waals surface area contributed by atoms with Crippen LogP contribution in [-0.2, 0) is 9.53 Å². The van der Waals surface area contributed by atoms with Crippen LogP contribution in [0.4, 0.5) is 0 Å². The summed E-state index contributed by atoms with van der Waals surface area (Å²) in [4.78, 5) is 10.5. The van der Waals surface area contributed by atoms with Gasteiger partial charge in [0.05, 0.1) is 6.61 Å². The van der Waals surface area contributed by atoms with Crippen LogP contribution in [0.15, 0.2) is 36.5 Å². The molecule has 0 rings (SSSR count). The molecule has 1 unspecified atom stereocenters. The summed E-state index contributed by atoms with van der Waals surface area (Å²) in [6.45, 7) is 4.22. The second kappa shape index (κ2) is 15.0. The zero-order valence-electron chi connectivity index (χ0n) is 13.5. The topological polar surface area (TPSA) is 46.5 Å². The van der Waals surface area contributed by atoms with Crippen molar-refractivity contribution in [3.05, 3.63) is 36.5 Å². The number of ether oxygens (including phenoxy) is 1. The molecule has 0 saturated carbocycles. The van der Waals surface area contributed by atoms with Crippen molar-refractivity contribution in [2.45, 2.75) is 64.9 Å². The second-order valence-electron chi connectivity index (χ2n) is 5.02. The largest absolute Gasteiger partial charge is 0.479 e. The minimum atomic E-state index is -0.912. The van der Waals surface area contributed by atoms with Crippen LogP contribution in [0.1, 0.15) is 58.8 Å². The van der Waals surface area contributed by atoms with Crippen molar-refractivity contribution in [3.63, 3.8) is 0 Å². The van der Waals surface area contributed by atoms with E-state index in [1.54, 1.807) is 6.92 Å². The lowest BCUT2D eigenvalue weighted by atomic mass is 10.2. The Morgan fingerprint density at radius 2 is 1.57 bits per heavy atom. The first kappa shape index (κ1) is 19.7. The molecule has 1 atom stereocenters. The van der Waals surface area contributed by atoms with Gasteiger partial charge in [0, 0.05) is 0 Å². The van der Waals surface area contributed by atoms with Crippen molar-refractivity contribution in [1.82, 2.24) is 0 Å². The monoisotopic (exact) mass is 294 g/mol. The Balaban J connectivity index is 3.42. The molecule has 3 heteroatoms. The predicted molar refractivity (Wildman–Crippen MR) is 88.5 cm³/mol. The van der Waals surface area contributed by atoms with Crippen LogP contribution < -0.4 is 0 Å². The molecule has 0 aliphatic heterocycles. The van der Waals surface area contributed by atoms with Gasteiger partial charge in [-0.15, -0.1) is 0 Å².